The van der Waals surface area contributed by atoms with Gasteiger partial charge in [0.2, 0.25) is 0 Å². The van der Waals surface area contributed by atoms with Crippen LogP contribution in [0.1, 0.15) is 65.2 Å². The molecule has 2 aliphatic rings. The topological polar surface area (TPSA) is 52.6 Å². The van der Waals surface area contributed by atoms with Crippen LogP contribution in [0.3, 0.4) is 0 Å². The van der Waals surface area contributed by atoms with Crippen molar-refractivity contribution in [3.63, 3.8) is 0 Å². The van der Waals surface area contributed by atoms with Crippen LogP contribution in [0.25, 0.3) is 0 Å². The van der Waals surface area contributed by atoms with Crippen molar-refractivity contribution in [2.24, 2.45) is 0 Å². The van der Waals surface area contributed by atoms with Gasteiger partial charge in [0.05, 0.1) is 11.1 Å². The van der Waals surface area contributed by atoms with Gasteiger partial charge in [0.15, 0.2) is 0 Å². The Balaban J connectivity index is 2.14. The van der Waals surface area contributed by atoms with Crippen LogP contribution < -0.4 is 0 Å². The summed E-state index contributed by atoms with van der Waals surface area (Å²) < 4.78 is 10.6. The molecule has 30 heavy (non-hydrogen) atoms. The van der Waals surface area contributed by atoms with Gasteiger partial charge in [-0.1, -0.05) is 106 Å². The Morgan fingerprint density at radius 2 is 1.20 bits per heavy atom. The van der Waals surface area contributed by atoms with Crippen LogP contribution in [0.15, 0.2) is 44.8 Å². The molecule has 0 saturated carbocycles. The van der Waals surface area contributed by atoms with Gasteiger partial charge in [-0.05, 0) is 25.0 Å². The fourth-order valence-electron chi connectivity index (χ4n) is 3.18. The van der Waals surface area contributed by atoms with Crippen molar-refractivity contribution >= 4 is 65.4 Å². The number of carbonyl (C=O) groups excluding carboxylic acids is 2. The van der Waals surface area contributed by atoms with Crippen LogP contribution in [-0.4, -0.2) is 22.4 Å². The summed E-state index contributed by atoms with van der Waals surface area (Å²) in [6.45, 7) is 4.34. The Morgan fingerprint density at radius 1 is 0.800 bits per heavy atom. The standard InChI is InChI=1S/C22H28Br2O4S2/c1-3-5-7-9-19(17-11-15(13-23)27-21(17)25)29-30-20(10-8-6-4-2)18-12-16(14-24)28-22(18)26/h11-14,19-20H,3-10H2,1-2H3/b15-13-,16-14-. The molecule has 0 spiro atoms. The Labute approximate surface area is 204 Å². The molecule has 0 aromatic heterocycles. The Bertz CT molecular complexity index is 681. The van der Waals surface area contributed by atoms with Crippen LogP contribution in [0.5, 0.6) is 0 Å². The Kier molecular flexibility index (Phi) is 11.9. The summed E-state index contributed by atoms with van der Waals surface area (Å²) >= 11 is 6.48. The number of halogens is 2. The number of rotatable bonds is 13. The summed E-state index contributed by atoms with van der Waals surface area (Å²) in [6, 6.07) is 0. The van der Waals surface area contributed by atoms with Gasteiger partial charge in [-0.3, -0.25) is 0 Å². The minimum absolute atomic E-state index is 0.0249. The molecule has 2 aliphatic heterocycles. The van der Waals surface area contributed by atoms with Crippen molar-refractivity contribution in [3.8, 4) is 0 Å². The molecule has 2 unspecified atom stereocenters. The first-order valence-corrected chi connectivity index (χ1v) is 14.4. The first-order chi connectivity index (χ1) is 14.5. The lowest BCUT2D eigenvalue weighted by Crippen LogP contribution is -2.16. The zero-order chi connectivity index (χ0) is 21.9. The Hall–Kier alpha value is -0.440. The van der Waals surface area contributed by atoms with Crippen molar-refractivity contribution in [1.82, 2.24) is 0 Å². The number of hydrogen-bond acceptors (Lipinski definition) is 6. The van der Waals surface area contributed by atoms with Crippen molar-refractivity contribution < 1.29 is 19.1 Å². The predicted octanol–water partition coefficient (Wildman–Crippen LogP) is 7.70. The smallest absolute Gasteiger partial charge is 0.340 e. The van der Waals surface area contributed by atoms with E-state index in [1.807, 2.05) is 12.2 Å². The van der Waals surface area contributed by atoms with E-state index in [-0.39, 0.29) is 22.4 Å². The second-order valence-electron chi connectivity index (χ2n) is 7.16. The molecule has 0 fully saturated rings. The molecule has 0 bridgehead atoms. The number of cyclic esters (lactones) is 2. The van der Waals surface area contributed by atoms with Gasteiger partial charge in [-0.15, -0.1) is 0 Å². The minimum Gasteiger partial charge on any atom is -0.423 e. The third kappa shape index (κ3) is 7.61. The van der Waals surface area contributed by atoms with Crippen molar-refractivity contribution in [2.45, 2.75) is 75.7 Å². The molecular formula is C22H28Br2O4S2. The van der Waals surface area contributed by atoms with Crippen molar-refractivity contribution in [1.29, 1.82) is 0 Å². The molecule has 4 nitrogen and oxygen atoms in total. The van der Waals surface area contributed by atoms with E-state index < -0.39 is 0 Å². The van der Waals surface area contributed by atoms with Crippen molar-refractivity contribution in [2.75, 3.05) is 0 Å². The summed E-state index contributed by atoms with van der Waals surface area (Å²) in [5.74, 6) is 0.521. The molecular weight excluding hydrogens is 552 g/mol. The van der Waals surface area contributed by atoms with Gasteiger partial charge < -0.3 is 9.47 Å². The fraction of sp³-hybridized carbons (Fsp3) is 0.545. The number of allylic oxidation sites excluding steroid dienone is 2. The molecule has 0 aliphatic carbocycles. The highest BCUT2D eigenvalue weighted by Gasteiger charge is 2.33. The molecule has 166 valence electrons. The largest absolute Gasteiger partial charge is 0.423 e. The first-order valence-electron chi connectivity index (χ1n) is 10.3. The highest BCUT2D eigenvalue weighted by Crippen LogP contribution is 2.44. The maximum atomic E-state index is 12.4. The lowest BCUT2D eigenvalue weighted by atomic mass is 10.1. The van der Waals surface area contributed by atoms with Crippen LogP contribution in [0.2, 0.25) is 0 Å². The molecule has 0 N–H and O–H groups in total. The SMILES string of the molecule is CCCCCC(SSC(CCCCC)C1=C/C(=C/Br)OC1=O)C1=C/C(=C/Br)OC1=O. The third-order valence-corrected chi connectivity index (χ3v) is 9.01. The van der Waals surface area contributed by atoms with E-state index >= 15 is 0 Å². The normalized spacial score (nSPS) is 20.9. The van der Waals surface area contributed by atoms with E-state index in [0.29, 0.717) is 22.7 Å². The zero-order valence-corrected chi connectivity index (χ0v) is 22.1. The summed E-state index contributed by atoms with van der Waals surface area (Å²) in [5.41, 5.74) is 1.40. The number of unbranched alkanes of at least 4 members (excludes halogenated alkanes) is 4. The Morgan fingerprint density at radius 3 is 1.50 bits per heavy atom. The van der Waals surface area contributed by atoms with Gasteiger partial charge in [-0.25, -0.2) is 9.59 Å². The van der Waals surface area contributed by atoms with Gasteiger partial charge in [0.1, 0.15) is 11.5 Å². The molecule has 0 aromatic carbocycles. The maximum absolute atomic E-state index is 12.4. The highest BCUT2D eigenvalue weighted by atomic mass is 79.9. The van der Waals surface area contributed by atoms with Gasteiger partial charge >= 0.3 is 11.9 Å². The molecule has 2 heterocycles. The quantitative estimate of drug-likeness (QED) is 0.126. The number of hydrogen-bond donors (Lipinski definition) is 0. The zero-order valence-electron chi connectivity index (χ0n) is 17.3. The summed E-state index contributed by atoms with van der Waals surface area (Å²) in [4.78, 5) is 28.0. The van der Waals surface area contributed by atoms with Crippen molar-refractivity contribution in [3.05, 3.63) is 44.8 Å². The highest BCUT2D eigenvalue weighted by molar-refractivity contribution is 9.11. The second-order valence-corrected chi connectivity index (χ2v) is 10.8. The van der Waals surface area contributed by atoms with Gasteiger partial charge in [0, 0.05) is 20.5 Å². The van der Waals surface area contributed by atoms with E-state index in [0.717, 1.165) is 51.4 Å². The second kappa shape index (κ2) is 13.9. The lowest BCUT2D eigenvalue weighted by Gasteiger charge is -2.20. The average Bonchev–Trinajstić information content (AvgIpc) is 3.31. The molecule has 0 radical (unpaired) electrons. The van der Waals surface area contributed by atoms with E-state index in [9.17, 15) is 9.59 Å². The molecule has 0 amide bonds. The molecule has 0 aromatic rings. The van der Waals surface area contributed by atoms with Gasteiger partial charge in [0.25, 0.3) is 0 Å². The number of carbonyl (C=O) groups is 2. The first kappa shape index (κ1) is 25.8. The summed E-state index contributed by atoms with van der Waals surface area (Å²) in [7, 11) is 3.35. The van der Waals surface area contributed by atoms with E-state index in [1.54, 1.807) is 31.6 Å². The summed E-state index contributed by atoms with van der Waals surface area (Å²) in [5, 5.41) is 0.0498. The van der Waals surface area contributed by atoms with E-state index in [1.165, 1.54) is 0 Å². The van der Waals surface area contributed by atoms with Crippen LogP contribution in [-0.2, 0) is 19.1 Å². The molecule has 0 saturated heterocycles. The monoisotopic (exact) mass is 578 g/mol. The van der Waals surface area contributed by atoms with E-state index in [4.69, 9.17) is 9.47 Å². The minimum atomic E-state index is -0.276. The lowest BCUT2D eigenvalue weighted by molar-refractivity contribution is -0.134. The van der Waals surface area contributed by atoms with E-state index in [2.05, 4.69) is 45.7 Å². The number of esters is 2. The maximum Gasteiger partial charge on any atom is 0.340 e. The molecule has 2 rings (SSSR count). The fourth-order valence-corrected chi connectivity index (χ4v) is 6.96. The van der Waals surface area contributed by atoms with Crippen LogP contribution in [0, 0.1) is 0 Å². The predicted molar refractivity (Wildman–Crippen MR) is 133 cm³/mol. The van der Waals surface area contributed by atoms with Gasteiger partial charge in [-0.2, -0.15) is 0 Å². The third-order valence-electron chi connectivity index (χ3n) is 4.82. The van der Waals surface area contributed by atoms with Crippen LogP contribution >= 0.6 is 53.4 Å². The molecule has 2 atom stereocenters. The number of ether oxygens (including phenoxy) is 2. The molecule has 8 heteroatoms. The van der Waals surface area contributed by atoms with Crippen LogP contribution in [0.4, 0.5) is 0 Å². The summed E-state index contributed by atoms with van der Waals surface area (Å²) in [6.07, 6.45) is 12.1. The average molecular weight is 580 g/mol.